The molecule has 1 aliphatic rings. The molecule has 2 heterocycles. The number of aromatic nitrogens is 1. The Bertz CT molecular complexity index is 1000. The zero-order chi connectivity index (χ0) is 19.1. The van der Waals surface area contributed by atoms with Gasteiger partial charge in [-0.1, -0.05) is 6.92 Å². The van der Waals surface area contributed by atoms with Crippen LogP contribution in [0.1, 0.15) is 30.0 Å². The summed E-state index contributed by atoms with van der Waals surface area (Å²) in [4.78, 5) is 6.60. The van der Waals surface area contributed by atoms with E-state index in [0.29, 0.717) is 18.5 Å². The molecule has 1 aromatic heterocycles. The first-order valence-corrected chi connectivity index (χ1v) is 9.99. The summed E-state index contributed by atoms with van der Waals surface area (Å²) in [5.74, 6) is 0. The summed E-state index contributed by atoms with van der Waals surface area (Å²) in [5, 5.41) is 15.5. The molecule has 0 atom stereocenters. The van der Waals surface area contributed by atoms with E-state index in [-0.39, 0.29) is 5.41 Å². The van der Waals surface area contributed by atoms with Crippen LogP contribution in [0.2, 0.25) is 0 Å². The third kappa shape index (κ3) is 3.65. The molecular formula is C18H23N5O2S. The Balaban J connectivity index is 1.86. The van der Waals surface area contributed by atoms with E-state index in [9.17, 15) is 13.7 Å². The van der Waals surface area contributed by atoms with Crippen LogP contribution in [0.25, 0.3) is 10.9 Å². The number of nitrogens with zero attached hydrogens (tertiary/aromatic N) is 3. The molecule has 0 bridgehead atoms. The van der Waals surface area contributed by atoms with Crippen LogP contribution >= 0.6 is 0 Å². The fourth-order valence-electron chi connectivity index (χ4n) is 3.55. The largest absolute Gasteiger partial charge is 0.369 e. The van der Waals surface area contributed by atoms with Crippen LogP contribution in [-0.2, 0) is 10.2 Å². The van der Waals surface area contributed by atoms with Gasteiger partial charge in [0.2, 0.25) is 0 Å². The summed E-state index contributed by atoms with van der Waals surface area (Å²) in [7, 11) is -3.66. The Labute approximate surface area is 154 Å². The van der Waals surface area contributed by atoms with Crippen molar-refractivity contribution in [3.8, 4) is 6.07 Å². The fraction of sp³-hybridized carbons (Fsp3) is 0.444. The third-order valence-corrected chi connectivity index (χ3v) is 5.68. The van der Waals surface area contributed by atoms with Crippen molar-refractivity contribution in [3.63, 3.8) is 0 Å². The highest BCUT2D eigenvalue weighted by atomic mass is 32.2. The standard InChI is InChI=1S/C18H23N5O2S/c1-12-6-15-16(7-13(12)2)21-9-14(8-19)17(15)23-10-18(3,11-23)4-5-22-26(20,24)25/h6-7,9,22H,4-5,10-11H2,1-3H3,(H2,20,24,25). The van der Waals surface area contributed by atoms with E-state index in [4.69, 9.17) is 5.14 Å². The molecule has 3 rings (SSSR count). The second-order valence-corrected chi connectivity index (χ2v) is 8.82. The van der Waals surface area contributed by atoms with E-state index in [1.165, 1.54) is 5.56 Å². The quantitative estimate of drug-likeness (QED) is 0.829. The fourth-order valence-corrected chi connectivity index (χ4v) is 3.93. The van der Waals surface area contributed by atoms with Gasteiger partial charge in [0.25, 0.3) is 10.2 Å². The molecule has 0 unspecified atom stereocenters. The molecule has 138 valence electrons. The molecule has 1 saturated heterocycles. The number of nitriles is 1. The maximum atomic E-state index is 11.0. The van der Waals surface area contributed by atoms with E-state index in [1.54, 1.807) is 6.20 Å². The van der Waals surface area contributed by atoms with Crippen molar-refractivity contribution in [2.45, 2.75) is 27.2 Å². The lowest BCUT2D eigenvalue weighted by Gasteiger charge is -2.50. The minimum atomic E-state index is -3.66. The topological polar surface area (TPSA) is 112 Å². The predicted molar refractivity (Wildman–Crippen MR) is 102 cm³/mol. The lowest BCUT2D eigenvalue weighted by molar-refractivity contribution is 0.226. The minimum absolute atomic E-state index is 0.0280. The molecule has 8 heteroatoms. The summed E-state index contributed by atoms with van der Waals surface area (Å²) in [5.41, 5.74) is 4.66. The zero-order valence-corrected chi connectivity index (χ0v) is 16.0. The maximum Gasteiger partial charge on any atom is 0.274 e. The molecule has 1 fully saturated rings. The highest BCUT2D eigenvalue weighted by Gasteiger charge is 2.40. The highest BCUT2D eigenvalue weighted by Crippen LogP contribution is 2.41. The van der Waals surface area contributed by atoms with Crippen molar-refractivity contribution in [1.29, 1.82) is 5.26 Å². The third-order valence-electron chi connectivity index (χ3n) is 5.07. The van der Waals surface area contributed by atoms with Crippen LogP contribution < -0.4 is 14.8 Å². The van der Waals surface area contributed by atoms with Crippen molar-refractivity contribution in [2.75, 3.05) is 24.5 Å². The zero-order valence-electron chi connectivity index (χ0n) is 15.2. The van der Waals surface area contributed by atoms with Crippen molar-refractivity contribution in [3.05, 3.63) is 35.0 Å². The van der Waals surface area contributed by atoms with Crippen LogP contribution in [0.4, 0.5) is 5.69 Å². The van der Waals surface area contributed by atoms with Crippen LogP contribution in [-0.4, -0.2) is 33.0 Å². The van der Waals surface area contributed by atoms with Crippen LogP contribution in [0.15, 0.2) is 18.3 Å². The second kappa shape index (κ2) is 6.50. The summed E-state index contributed by atoms with van der Waals surface area (Å²) >= 11 is 0. The lowest BCUT2D eigenvalue weighted by atomic mass is 9.78. The van der Waals surface area contributed by atoms with Crippen molar-refractivity contribution in [1.82, 2.24) is 9.71 Å². The number of anilines is 1. The number of nitrogens with one attached hydrogen (secondary N) is 1. The summed E-state index contributed by atoms with van der Waals surface area (Å²) < 4.78 is 24.4. The van der Waals surface area contributed by atoms with Gasteiger partial charge in [-0.2, -0.15) is 13.7 Å². The summed E-state index contributed by atoms with van der Waals surface area (Å²) in [6, 6.07) is 6.38. The van der Waals surface area contributed by atoms with Gasteiger partial charge in [-0.3, -0.25) is 4.98 Å². The van der Waals surface area contributed by atoms with E-state index in [2.05, 4.69) is 40.6 Å². The van der Waals surface area contributed by atoms with Gasteiger partial charge in [0.05, 0.1) is 16.8 Å². The van der Waals surface area contributed by atoms with E-state index in [1.807, 2.05) is 13.0 Å². The van der Waals surface area contributed by atoms with Gasteiger partial charge < -0.3 is 4.90 Å². The molecular weight excluding hydrogens is 350 g/mol. The average molecular weight is 373 g/mol. The summed E-state index contributed by atoms with van der Waals surface area (Å²) in [6.07, 6.45) is 2.31. The Morgan fingerprint density at radius 1 is 1.35 bits per heavy atom. The average Bonchev–Trinajstić information content (AvgIpc) is 2.51. The number of aryl methyl sites for hydroxylation is 2. The first-order chi connectivity index (χ1) is 12.1. The number of benzene rings is 1. The Morgan fingerprint density at radius 2 is 2.00 bits per heavy atom. The molecule has 0 spiro atoms. The van der Waals surface area contributed by atoms with Gasteiger partial charge in [0.15, 0.2) is 0 Å². The van der Waals surface area contributed by atoms with Crippen LogP contribution in [0, 0.1) is 30.6 Å². The van der Waals surface area contributed by atoms with Gasteiger partial charge in [-0.15, -0.1) is 0 Å². The minimum Gasteiger partial charge on any atom is -0.369 e. The number of nitrogens with two attached hydrogens (primary N) is 1. The van der Waals surface area contributed by atoms with Gasteiger partial charge in [0, 0.05) is 36.6 Å². The molecule has 7 nitrogen and oxygen atoms in total. The van der Waals surface area contributed by atoms with Crippen LogP contribution in [0.5, 0.6) is 0 Å². The predicted octanol–water partition coefficient (Wildman–Crippen LogP) is 1.73. The van der Waals surface area contributed by atoms with Gasteiger partial charge >= 0.3 is 0 Å². The molecule has 3 N–H and O–H groups in total. The van der Waals surface area contributed by atoms with E-state index in [0.717, 1.165) is 35.2 Å². The first kappa shape index (κ1) is 18.6. The summed E-state index contributed by atoms with van der Waals surface area (Å²) in [6.45, 7) is 8.02. The van der Waals surface area contributed by atoms with Gasteiger partial charge in [-0.05, 0) is 43.5 Å². The second-order valence-electron chi connectivity index (χ2n) is 7.44. The van der Waals surface area contributed by atoms with Gasteiger partial charge in [-0.25, -0.2) is 9.86 Å². The SMILES string of the molecule is Cc1cc2ncc(C#N)c(N3CC(C)(CCNS(N)(=O)=O)C3)c2cc1C. The number of fused-ring (bicyclic) bond motifs is 1. The highest BCUT2D eigenvalue weighted by molar-refractivity contribution is 7.87. The Morgan fingerprint density at radius 3 is 2.62 bits per heavy atom. The van der Waals surface area contributed by atoms with Crippen LogP contribution in [0.3, 0.4) is 0 Å². The molecule has 0 saturated carbocycles. The number of hydrogen-bond donors (Lipinski definition) is 2. The van der Waals surface area contributed by atoms with E-state index < -0.39 is 10.2 Å². The van der Waals surface area contributed by atoms with Crippen molar-refractivity contribution < 1.29 is 8.42 Å². The molecule has 1 aliphatic heterocycles. The molecule has 26 heavy (non-hydrogen) atoms. The Hall–Kier alpha value is -2.21. The van der Waals surface area contributed by atoms with E-state index >= 15 is 0 Å². The maximum absolute atomic E-state index is 11.0. The lowest BCUT2D eigenvalue weighted by Crippen LogP contribution is -2.56. The van der Waals surface area contributed by atoms with Gasteiger partial charge in [0.1, 0.15) is 6.07 Å². The smallest absolute Gasteiger partial charge is 0.274 e. The first-order valence-electron chi connectivity index (χ1n) is 8.44. The Kier molecular flexibility index (Phi) is 4.65. The normalized spacial score (nSPS) is 16.3. The number of hydrogen-bond acceptors (Lipinski definition) is 5. The van der Waals surface area contributed by atoms with Crippen molar-refractivity contribution >= 4 is 26.8 Å². The molecule has 0 amide bonds. The monoisotopic (exact) mass is 373 g/mol. The molecule has 0 aliphatic carbocycles. The molecule has 2 aromatic rings. The van der Waals surface area contributed by atoms with Crippen molar-refractivity contribution in [2.24, 2.45) is 10.6 Å². The number of rotatable bonds is 5. The number of pyridine rings is 1. The molecule has 0 radical (unpaired) electrons. The molecule has 1 aromatic carbocycles.